The number of hydrogen-bond donors (Lipinski definition) is 0. The van der Waals surface area contributed by atoms with Gasteiger partial charge < -0.3 is 9.13 Å². The minimum absolute atomic E-state index is 0.198. The number of allylic oxidation sites excluding steroid dienone is 7. The van der Waals surface area contributed by atoms with Gasteiger partial charge in [-0.15, -0.1) is 0 Å². The zero-order valence-electron chi connectivity index (χ0n) is 58.6. The van der Waals surface area contributed by atoms with Crippen molar-refractivity contribution in [3.63, 3.8) is 0 Å². The van der Waals surface area contributed by atoms with Crippen LogP contribution in [0, 0.1) is 0 Å². The van der Waals surface area contributed by atoms with Gasteiger partial charge in [-0.25, -0.2) is 0 Å². The second-order valence-corrected chi connectivity index (χ2v) is 30.3. The van der Waals surface area contributed by atoms with Gasteiger partial charge in [-0.3, -0.25) is 0 Å². The van der Waals surface area contributed by atoms with Crippen LogP contribution in [0.3, 0.4) is 0 Å². The van der Waals surface area contributed by atoms with E-state index >= 15 is 0 Å². The van der Waals surface area contributed by atoms with E-state index in [1.165, 1.54) is 199 Å². The average molecular weight is 1330 g/mol. The molecule has 490 valence electrons. The molecule has 0 unspecified atom stereocenters. The monoisotopic (exact) mass is 1320 g/mol. The van der Waals surface area contributed by atoms with Crippen LogP contribution in [0.1, 0.15) is 101 Å². The molecule has 21 rings (SSSR count). The van der Waals surface area contributed by atoms with Crippen molar-refractivity contribution in [1.82, 2.24) is 9.13 Å². The third kappa shape index (κ3) is 8.94. The highest BCUT2D eigenvalue weighted by molar-refractivity contribution is 6.12. The second-order valence-electron chi connectivity index (χ2n) is 30.3. The highest BCUT2D eigenvalue weighted by Crippen LogP contribution is 2.63. The van der Waals surface area contributed by atoms with Gasteiger partial charge in [-0.1, -0.05) is 295 Å². The van der Waals surface area contributed by atoms with E-state index in [2.05, 4.69) is 389 Å². The third-order valence-electron chi connectivity index (χ3n) is 24.0. The molecular formula is C102H72N2. The normalized spacial score (nSPS) is 15.5. The Balaban J connectivity index is 0.573. The van der Waals surface area contributed by atoms with Gasteiger partial charge in [0.05, 0.1) is 27.5 Å². The first-order chi connectivity index (χ1) is 51.0. The summed E-state index contributed by atoms with van der Waals surface area (Å²) in [5.41, 5.74) is 37.4. The van der Waals surface area contributed by atoms with Gasteiger partial charge in [-0.2, -0.15) is 0 Å². The first kappa shape index (κ1) is 60.2. The van der Waals surface area contributed by atoms with Crippen LogP contribution in [-0.2, 0) is 16.2 Å². The van der Waals surface area contributed by atoms with E-state index in [1.807, 2.05) is 0 Å². The topological polar surface area (TPSA) is 9.86 Å². The molecule has 104 heavy (non-hydrogen) atoms. The molecule has 0 saturated heterocycles. The van der Waals surface area contributed by atoms with Gasteiger partial charge in [-0.05, 0) is 235 Å². The minimum Gasteiger partial charge on any atom is -0.316 e. The lowest BCUT2D eigenvalue weighted by molar-refractivity contribution is 0.660. The van der Waals surface area contributed by atoms with E-state index in [4.69, 9.17) is 0 Å². The van der Waals surface area contributed by atoms with Crippen LogP contribution in [0.4, 0.5) is 0 Å². The van der Waals surface area contributed by atoms with Gasteiger partial charge in [0.1, 0.15) is 0 Å². The van der Waals surface area contributed by atoms with Crippen LogP contribution in [-0.4, -0.2) is 9.13 Å². The van der Waals surface area contributed by atoms with Crippen molar-refractivity contribution in [1.29, 1.82) is 0 Å². The van der Waals surface area contributed by atoms with Crippen LogP contribution in [0.25, 0.3) is 157 Å². The Morgan fingerprint density at radius 2 is 0.721 bits per heavy atom. The molecule has 0 aliphatic heterocycles. The van der Waals surface area contributed by atoms with Crippen LogP contribution < -0.4 is 0 Å². The molecule has 0 radical (unpaired) electrons. The molecule has 5 aliphatic rings. The molecule has 2 heteroatoms. The van der Waals surface area contributed by atoms with Crippen LogP contribution in [0.5, 0.6) is 0 Å². The van der Waals surface area contributed by atoms with Crippen molar-refractivity contribution in [3.05, 3.63) is 394 Å². The maximum Gasteiger partial charge on any atom is 0.0725 e. The minimum atomic E-state index is -0.497. The smallest absolute Gasteiger partial charge is 0.0725 e. The quantitative estimate of drug-likeness (QED) is 0.128. The molecule has 0 amide bonds. The number of fused-ring (bicyclic) bond motifs is 23. The molecule has 0 atom stereocenters. The summed E-state index contributed by atoms with van der Waals surface area (Å²) >= 11 is 0. The molecule has 14 aromatic carbocycles. The highest BCUT2D eigenvalue weighted by Gasteiger charge is 2.52. The molecule has 0 fully saturated rings. The van der Waals surface area contributed by atoms with Crippen molar-refractivity contribution in [2.24, 2.45) is 0 Å². The standard InChI is InChI=1S/C102H72N2/c1-100(2)90-55-65(36-46-78(90)80-50-41-73(62-92(80)100)71-43-52-97-86(60-71)84-26-12-16-30-96(84)103(97)54-18-21-64-19-6-5-7-20-64)32-34-67-38-48-82-83-49-39-68(58-95(83)102(94(82)57-67)88-28-14-10-24-76(88)77-25-11-15-29-89(77)102)35-33-66-37-47-79-81-51-42-74(63-93(81)101(3,4)91(79)56-66)72-44-53-99-87(61-72)85-27-13-17-31-98(85)104(99)75-45-40-69-22-8-9-23-70(69)59-75/h5-19,21-63H,20H2,1-4H3/b34-32+,35-33+,54-18+,64-21-. The molecule has 2 aromatic heterocycles. The Morgan fingerprint density at radius 3 is 1.29 bits per heavy atom. The lowest BCUT2D eigenvalue weighted by Crippen LogP contribution is -2.26. The van der Waals surface area contributed by atoms with Gasteiger partial charge in [0.2, 0.25) is 0 Å². The molecule has 5 aliphatic carbocycles. The number of rotatable bonds is 9. The maximum absolute atomic E-state index is 2.49. The van der Waals surface area contributed by atoms with Gasteiger partial charge in [0.15, 0.2) is 0 Å². The zero-order chi connectivity index (χ0) is 69.2. The fourth-order valence-corrected chi connectivity index (χ4v) is 18.8. The lowest BCUT2D eigenvalue weighted by Gasteiger charge is -2.30. The predicted molar refractivity (Wildman–Crippen MR) is 441 cm³/mol. The predicted octanol–water partition coefficient (Wildman–Crippen LogP) is 26.6. The van der Waals surface area contributed by atoms with E-state index in [9.17, 15) is 0 Å². The van der Waals surface area contributed by atoms with E-state index in [0.29, 0.717) is 0 Å². The highest BCUT2D eigenvalue weighted by atomic mass is 15.0. The third-order valence-corrected chi connectivity index (χ3v) is 24.0. The van der Waals surface area contributed by atoms with Crippen LogP contribution in [0.15, 0.2) is 327 Å². The molecule has 0 saturated carbocycles. The Bertz CT molecular complexity index is 6580. The number of nitrogens with zero attached hydrogens (tertiary/aromatic N) is 2. The number of benzene rings is 14. The van der Waals surface area contributed by atoms with Crippen molar-refractivity contribution >= 4 is 84.9 Å². The molecule has 2 heterocycles. The summed E-state index contributed by atoms with van der Waals surface area (Å²) in [5.74, 6) is 0. The summed E-state index contributed by atoms with van der Waals surface area (Å²) in [7, 11) is 0. The van der Waals surface area contributed by atoms with Crippen LogP contribution in [0.2, 0.25) is 0 Å². The number of para-hydroxylation sites is 2. The van der Waals surface area contributed by atoms with E-state index in [0.717, 1.165) is 6.42 Å². The summed E-state index contributed by atoms with van der Waals surface area (Å²) in [5, 5.41) is 7.54. The Kier molecular flexibility index (Phi) is 13.1. The summed E-state index contributed by atoms with van der Waals surface area (Å²) in [6, 6.07) is 108. The van der Waals surface area contributed by atoms with Gasteiger partial charge in [0, 0.05) is 44.3 Å². The average Bonchev–Trinajstić information content (AvgIpc) is 1.51. The summed E-state index contributed by atoms with van der Waals surface area (Å²) < 4.78 is 4.76. The zero-order valence-corrected chi connectivity index (χ0v) is 58.6. The van der Waals surface area contributed by atoms with Gasteiger partial charge in [0.25, 0.3) is 0 Å². The van der Waals surface area contributed by atoms with Crippen molar-refractivity contribution in [2.45, 2.75) is 50.4 Å². The molecular weight excluding hydrogens is 1250 g/mol. The summed E-state index contributed by atoms with van der Waals surface area (Å²) in [6.45, 7) is 9.62. The number of aromatic nitrogens is 2. The largest absolute Gasteiger partial charge is 0.316 e. The Morgan fingerprint density at radius 1 is 0.308 bits per heavy atom. The molecule has 1 spiro atoms. The molecule has 16 aromatic rings. The second kappa shape index (κ2) is 22.7. The first-order valence-electron chi connectivity index (χ1n) is 36.7. The van der Waals surface area contributed by atoms with Crippen molar-refractivity contribution < 1.29 is 0 Å². The maximum atomic E-state index is 2.49. The van der Waals surface area contributed by atoms with E-state index in [-0.39, 0.29) is 10.8 Å². The fourth-order valence-electron chi connectivity index (χ4n) is 18.8. The Hall–Kier alpha value is -12.6. The SMILES string of the molecule is CC1(C)c2cc(/C=C/c3ccc4c(c3)C3(c5ccccc5-c5ccccc53)c3cc(/C=C/c5ccc6c(c5)C(C)(C)c5cc(-c7ccc8c(c7)c7ccccc7n8-c7ccc8ccccc8c7)ccc5-6)ccc3-4)ccc2-c2ccc(-c3ccc4c(c3)c3ccccc3n4/C=C/C=C3/C=CC=CC3)cc21. The first-order valence-corrected chi connectivity index (χ1v) is 36.7. The number of hydrogen-bond acceptors (Lipinski definition) is 0. The van der Waals surface area contributed by atoms with Gasteiger partial charge >= 0.3 is 0 Å². The van der Waals surface area contributed by atoms with E-state index < -0.39 is 5.41 Å². The molecule has 0 bridgehead atoms. The van der Waals surface area contributed by atoms with Crippen LogP contribution >= 0.6 is 0 Å². The Labute approximate surface area is 606 Å². The molecule has 2 nitrogen and oxygen atoms in total. The lowest BCUT2D eigenvalue weighted by atomic mass is 9.70. The molecule has 0 N–H and O–H groups in total. The summed E-state index contributed by atoms with van der Waals surface area (Å²) in [4.78, 5) is 0. The fraction of sp³-hybridized carbons (Fsp3) is 0.0784. The van der Waals surface area contributed by atoms with E-state index in [1.54, 1.807) is 0 Å². The summed E-state index contributed by atoms with van der Waals surface area (Å²) in [6.07, 6.45) is 25.5. The van der Waals surface area contributed by atoms with Crippen molar-refractivity contribution in [3.8, 4) is 72.4 Å². The van der Waals surface area contributed by atoms with Crippen molar-refractivity contribution in [2.75, 3.05) is 0 Å².